The lowest BCUT2D eigenvalue weighted by atomic mass is 10.1. The van der Waals surface area contributed by atoms with Gasteiger partial charge >= 0.3 is 0 Å². The molecule has 32 heavy (non-hydrogen) atoms. The minimum absolute atomic E-state index is 0.0817. The van der Waals surface area contributed by atoms with Crippen LogP contribution in [0.25, 0.3) is 11.4 Å². The van der Waals surface area contributed by atoms with Crippen LogP contribution < -0.4 is 5.32 Å². The van der Waals surface area contributed by atoms with Gasteiger partial charge < -0.3 is 9.88 Å². The van der Waals surface area contributed by atoms with Crippen LogP contribution in [0.15, 0.2) is 84.0 Å². The van der Waals surface area contributed by atoms with Gasteiger partial charge in [0.05, 0.1) is 0 Å². The normalized spacial score (nSPS) is 11.8. The van der Waals surface area contributed by atoms with Crippen molar-refractivity contribution in [2.75, 3.05) is 5.32 Å². The molecule has 0 saturated heterocycles. The third kappa shape index (κ3) is 4.75. The Kier molecular flexibility index (Phi) is 6.71. The minimum atomic E-state index is -0.464. The number of benzene rings is 3. The number of rotatable bonds is 7. The second kappa shape index (κ2) is 9.83. The van der Waals surface area contributed by atoms with Crippen molar-refractivity contribution >= 4 is 23.4 Å². The average Bonchev–Trinajstić information content (AvgIpc) is 3.23. The fraction of sp³-hybridized carbons (Fsp3) is 0.192. The van der Waals surface area contributed by atoms with Gasteiger partial charge in [-0.15, -0.1) is 10.2 Å². The number of carbonyl (C=O) groups excluding carboxylic acids is 1. The maximum Gasteiger partial charge on any atom is 0.242 e. The minimum Gasteiger partial charge on any atom is -0.325 e. The van der Waals surface area contributed by atoms with Crippen LogP contribution in [-0.4, -0.2) is 20.7 Å². The zero-order valence-electron chi connectivity index (χ0n) is 18.4. The molecular weight excluding hydrogens is 416 g/mol. The largest absolute Gasteiger partial charge is 0.325 e. The Balaban J connectivity index is 1.67. The average molecular weight is 443 g/mol. The van der Waals surface area contributed by atoms with Gasteiger partial charge in [0.15, 0.2) is 11.0 Å². The molecule has 1 heterocycles. The molecule has 1 amide bonds. The number of thioether (sulfide) groups is 1. The highest BCUT2D eigenvalue weighted by molar-refractivity contribution is 8.00. The molecular formula is C26H26N4OS. The van der Waals surface area contributed by atoms with E-state index in [0.717, 1.165) is 38.9 Å². The Labute approximate surface area is 192 Å². The van der Waals surface area contributed by atoms with Crippen molar-refractivity contribution < 1.29 is 4.79 Å². The topological polar surface area (TPSA) is 59.8 Å². The first-order valence-corrected chi connectivity index (χ1v) is 11.5. The first-order chi connectivity index (χ1) is 15.6. The van der Waals surface area contributed by atoms with Crippen molar-refractivity contribution in [2.24, 2.45) is 0 Å². The monoisotopic (exact) mass is 442 g/mol. The number of hydrogen-bond acceptors (Lipinski definition) is 4. The summed E-state index contributed by atoms with van der Waals surface area (Å²) < 4.78 is 2.06. The predicted molar refractivity (Wildman–Crippen MR) is 131 cm³/mol. The lowest BCUT2D eigenvalue weighted by Gasteiger charge is -2.18. The van der Waals surface area contributed by atoms with E-state index in [-0.39, 0.29) is 5.91 Å². The van der Waals surface area contributed by atoms with E-state index in [9.17, 15) is 4.79 Å². The summed E-state index contributed by atoms with van der Waals surface area (Å²) in [5.74, 6) is 0.721. The summed E-state index contributed by atoms with van der Waals surface area (Å²) in [7, 11) is 0. The Morgan fingerprint density at radius 2 is 1.66 bits per heavy atom. The number of aryl methyl sites for hydroxylation is 2. The molecule has 0 radical (unpaired) electrons. The molecule has 3 aromatic carbocycles. The maximum atomic E-state index is 13.5. The molecule has 0 bridgehead atoms. The highest BCUT2D eigenvalue weighted by Gasteiger charge is 2.26. The van der Waals surface area contributed by atoms with Crippen LogP contribution in [-0.2, 0) is 11.3 Å². The van der Waals surface area contributed by atoms with Crippen LogP contribution in [0, 0.1) is 13.8 Å². The Bertz CT molecular complexity index is 1210. The molecule has 162 valence electrons. The molecule has 4 rings (SSSR count). The van der Waals surface area contributed by atoms with Crippen molar-refractivity contribution in [3.05, 3.63) is 95.6 Å². The van der Waals surface area contributed by atoms with Crippen LogP contribution in [0.1, 0.15) is 28.9 Å². The van der Waals surface area contributed by atoms with Crippen LogP contribution >= 0.6 is 11.8 Å². The quantitative estimate of drug-likeness (QED) is 0.354. The van der Waals surface area contributed by atoms with Gasteiger partial charge in [-0.3, -0.25) is 4.79 Å². The highest BCUT2D eigenvalue weighted by atomic mass is 32.2. The summed E-state index contributed by atoms with van der Waals surface area (Å²) in [5.41, 5.74) is 4.90. The van der Waals surface area contributed by atoms with Crippen LogP contribution in [0.2, 0.25) is 0 Å². The van der Waals surface area contributed by atoms with Gasteiger partial charge in [0, 0.05) is 17.8 Å². The van der Waals surface area contributed by atoms with E-state index < -0.39 is 5.25 Å². The van der Waals surface area contributed by atoms with E-state index in [1.54, 1.807) is 0 Å². The SMILES string of the molecule is CCn1c(SC(C(=O)Nc2cc(C)ccc2C)c2ccccc2)nnc1-c1ccccc1. The number of amides is 1. The second-order valence-electron chi connectivity index (χ2n) is 7.63. The van der Waals surface area contributed by atoms with Gasteiger partial charge in [0.25, 0.3) is 0 Å². The smallest absolute Gasteiger partial charge is 0.242 e. The summed E-state index contributed by atoms with van der Waals surface area (Å²) in [5, 5.41) is 12.3. The third-order valence-electron chi connectivity index (χ3n) is 5.28. The van der Waals surface area contributed by atoms with E-state index in [2.05, 4.69) is 27.0 Å². The molecule has 6 heteroatoms. The van der Waals surface area contributed by atoms with Crippen molar-refractivity contribution in [3.8, 4) is 11.4 Å². The summed E-state index contributed by atoms with van der Waals surface area (Å²) in [6, 6.07) is 25.9. The van der Waals surface area contributed by atoms with E-state index in [0.29, 0.717) is 6.54 Å². The molecule has 0 aliphatic heterocycles. The number of hydrogen-bond donors (Lipinski definition) is 1. The Morgan fingerprint density at radius 3 is 2.34 bits per heavy atom. The van der Waals surface area contributed by atoms with Crippen molar-refractivity contribution in [1.29, 1.82) is 0 Å². The number of nitrogens with zero attached hydrogens (tertiary/aromatic N) is 3. The van der Waals surface area contributed by atoms with Crippen molar-refractivity contribution in [2.45, 2.75) is 37.7 Å². The molecule has 0 aliphatic rings. The van der Waals surface area contributed by atoms with E-state index in [4.69, 9.17) is 0 Å². The number of aromatic nitrogens is 3. The fourth-order valence-electron chi connectivity index (χ4n) is 3.54. The van der Waals surface area contributed by atoms with Crippen molar-refractivity contribution in [3.63, 3.8) is 0 Å². The molecule has 1 atom stereocenters. The molecule has 0 spiro atoms. The molecule has 5 nitrogen and oxygen atoms in total. The number of nitrogens with one attached hydrogen (secondary N) is 1. The number of carbonyl (C=O) groups is 1. The lowest BCUT2D eigenvalue weighted by Crippen LogP contribution is -2.20. The van der Waals surface area contributed by atoms with Gasteiger partial charge in [-0.2, -0.15) is 0 Å². The molecule has 0 aliphatic carbocycles. The zero-order valence-corrected chi connectivity index (χ0v) is 19.3. The maximum absolute atomic E-state index is 13.5. The van der Waals surface area contributed by atoms with Gasteiger partial charge in [0.2, 0.25) is 5.91 Å². The highest BCUT2D eigenvalue weighted by Crippen LogP contribution is 2.37. The van der Waals surface area contributed by atoms with Crippen LogP contribution in [0.4, 0.5) is 5.69 Å². The third-order valence-corrected chi connectivity index (χ3v) is 6.51. The lowest BCUT2D eigenvalue weighted by molar-refractivity contribution is -0.115. The fourth-order valence-corrected chi connectivity index (χ4v) is 4.64. The molecule has 1 N–H and O–H groups in total. The standard InChI is InChI=1S/C26H26N4OS/c1-4-30-24(21-13-9-6-10-14-21)28-29-26(30)32-23(20-11-7-5-8-12-20)25(31)27-22-17-18(2)15-16-19(22)3/h5-17,23H,4H2,1-3H3,(H,27,31). The summed E-state index contributed by atoms with van der Waals surface area (Å²) in [6.07, 6.45) is 0. The van der Waals surface area contributed by atoms with Gasteiger partial charge in [-0.25, -0.2) is 0 Å². The Morgan fingerprint density at radius 1 is 0.969 bits per heavy atom. The predicted octanol–water partition coefficient (Wildman–Crippen LogP) is 6.05. The van der Waals surface area contributed by atoms with E-state index in [1.807, 2.05) is 92.7 Å². The number of anilines is 1. The van der Waals surface area contributed by atoms with Crippen LogP contribution in [0.3, 0.4) is 0 Å². The zero-order chi connectivity index (χ0) is 22.5. The molecule has 0 saturated carbocycles. The summed E-state index contributed by atoms with van der Waals surface area (Å²) in [4.78, 5) is 13.5. The van der Waals surface area contributed by atoms with E-state index in [1.165, 1.54) is 11.8 Å². The molecule has 4 aromatic rings. The van der Waals surface area contributed by atoms with Crippen LogP contribution in [0.5, 0.6) is 0 Å². The van der Waals surface area contributed by atoms with Gasteiger partial charge in [0.1, 0.15) is 5.25 Å². The second-order valence-corrected chi connectivity index (χ2v) is 8.70. The first kappa shape index (κ1) is 21.8. The van der Waals surface area contributed by atoms with Crippen molar-refractivity contribution in [1.82, 2.24) is 14.8 Å². The van der Waals surface area contributed by atoms with E-state index >= 15 is 0 Å². The molecule has 1 aromatic heterocycles. The summed E-state index contributed by atoms with van der Waals surface area (Å²) >= 11 is 1.42. The van der Waals surface area contributed by atoms with Gasteiger partial charge in [-0.05, 0) is 43.5 Å². The Hall–Kier alpha value is -3.38. The molecule has 1 unspecified atom stereocenters. The molecule has 0 fully saturated rings. The van der Waals surface area contributed by atoms with Gasteiger partial charge in [-0.1, -0.05) is 84.6 Å². The first-order valence-electron chi connectivity index (χ1n) is 10.6. The summed E-state index contributed by atoms with van der Waals surface area (Å²) in [6.45, 7) is 6.79.